The summed E-state index contributed by atoms with van der Waals surface area (Å²) >= 11 is 1.75. The highest BCUT2D eigenvalue weighted by atomic mass is 32.2. The van der Waals surface area contributed by atoms with Crippen molar-refractivity contribution in [1.82, 2.24) is 9.78 Å². The Balaban J connectivity index is 2.01. The summed E-state index contributed by atoms with van der Waals surface area (Å²) in [7, 11) is 0. The molecule has 0 atom stereocenters. The molecule has 0 unspecified atom stereocenters. The Kier molecular flexibility index (Phi) is 3.40. The van der Waals surface area contributed by atoms with Crippen molar-refractivity contribution in [2.75, 3.05) is 18.1 Å². The van der Waals surface area contributed by atoms with Crippen LogP contribution in [0.4, 0.5) is 5.82 Å². The van der Waals surface area contributed by atoms with Crippen LogP contribution < -0.4 is 5.32 Å². The predicted octanol–water partition coefficient (Wildman–Crippen LogP) is 2.40. The smallest absolute Gasteiger partial charge is 0.335 e. The summed E-state index contributed by atoms with van der Waals surface area (Å²) in [6, 6.07) is 6.79. The van der Waals surface area contributed by atoms with Gasteiger partial charge in [-0.2, -0.15) is 16.9 Å². The van der Waals surface area contributed by atoms with E-state index >= 15 is 0 Å². The number of nitrogens with zero attached hydrogens (tertiary/aromatic N) is 2. The molecular formula is C14H15N3O2S. The van der Waals surface area contributed by atoms with Crippen molar-refractivity contribution >= 4 is 23.5 Å². The summed E-state index contributed by atoms with van der Waals surface area (Å²) in [5.74, 6) is 1.02. The van der Waals surface area contributed by atoms with Crippen LogP contribution in [-0.2, 0) is 12.2 Å². The van der Waals surface area contributed by atoms with Crippen LogP contribution in [0.1, 0.15) is 21.6 Å². The second-order valence-electron chi connectivity index (χ2n) is 4.65. The van der Waals surface area contributed by atoms with E-state index in [1.165, 1.54) is 5.56 Å². The van der Waals surface area contributed by atoms with Crippen molar-refractivity contribution in [2.24, 2.45) is 0 Å². The van der Waals surface area contributed by atoms with Crippen molar-refractivity contribution in [3.63, 3.8) is 0 Å². The monoisotopic (exact) mass is 289 g/mol. The number of carboxylic acids is 1. The van der Waals surface area contributed by atoms with Gasteiger partial charge >= 0.3 is 5.97 Å². The maximum absolute atomic E-state index is 10.9. The van der Waals surface area contributed by atoms with Crippen molar-refractivity contribution in [3.8, 4) is 5.69 Å². The minimum atomic E-state index is -0.913. The van der Waals surface area contributed by atoms with E-state index in [0.717, 1.165) is 35.9 Å². The Morgan fingerprint density at radius 3 is 2.85 bits per heavy atom. The Hall–Kier alpha value is -1.95. The number of aromatic nitrogens is 2. The molecule has 2 N–H and O–H groups in total. The van der Waals surface area contributed by atoms with Crippen LogP contribution in [0.5, 0.6) is 0 Å². The third kappa shape index (κ3) is 2.16. The molecule has 0 saturated carbocycles. The molecule has 3 rings (SSSR count). The van der Waals surface area contributed by atoms with Crippen LogP contribution >= 0.6 is 11.8 Å². The lowest BCUT2D eigenvalue weighted by Gasteiger charge is -2.06. The van der Waals surface area contributed by atoms with Gasteiger partial charge in [0, 0.05) is 17.9 Å². The van der Waals surface area contributed by atoms with Gasteiger partial charge in [0.1, 0.15) is 5.82 Å². The number of nitrogens with one attached hydrogen (secondary N) is 1. The number of fused-ring (bicyclic) bond motifs is 1. The fraction of sp³-hybridized carbons (Fsp3) is 0.286. The van der Waals surface area contributed by atoms with Crippen molar-refractivity contribution < 1.29 is 9.90 Å². The average Bonchev–Trinajstić information content (AvgIpc) is 3.03. The fourth-order valence-corrected chi connectivity index (χ4v) is 2.94. The Morgan fingerprint density at radius 2 is 2.20 bits per heavy atom. The minimum absolute atomic E-state index is 0.287. The quantitative estimate of drug-likeness (QED) is 0.904. The standard InChI is InChI=1S/C14H15N3O2S/c1-20-8-12-11-6-7-15-13(11)17(16-12)10-4-2-9(3-5-10)14(18)19/h2-5,15H,6-8H2,1H3,(H,18,19). The van der Waals surface area contributed by atoms with Gasteiger partial charge in [0.25, 0.3) is 0 Å². The number of hydrogen-bond acceptors (Lipinski definition) is 4. The molecule has 0 radical (unpaired) electrons. The van der Waals surface area contributed by atoms with E-state index in [4.69, 9.17) is 5.11 Å². The summed E-state index contributed by atoms with van der Waals surface area (Å²) in [5.41, 5.74) is 3.56. The van der Waals surface area contributed by atoms with Crippen LogP contribution in [0.3, 0.4) is 0 Å². The van der Waals surface area contributed by atoms with Gasteiger partial charge < -0.3 is 10.4 Å². The average molecular weight is 289 g/mol. The van der Waals surface area contributed by atoms with E-state index in [1.807, 2.05) is 4.68 Å². The van der Waals surface area contributed by atoms with E-state index in [0.29, 0.717) is 0 Å². The molecule has 0 aliphatic carbocycles. The largest absolute Gasteiger partial charge is 0.478 e. The topological polar surface area (TPSA) is 67.2 Å². The van der Waals surface area contributed by atoms with Gasteiger partial charge in [-0.05, 0) is 36.9 Å². The highest BCUT2D eigenvalue weighted by molar-refractivity contribution is 7.97. The molecule has 0 spiro atoms. The first-order chi connectivity index (χ1) is 9.70. The van der Waals surface area contributed by atoms with Crippen LogP contribution in [0, 0.1) is 0 Å². The van der Waals surface area contributed by atoms with Crippen LogP contribution in [0.15, 0.2) is 24.3 Å². The van der Waals surface area contributed by atoms with Gasteiger partial charge in [-0.15, -0.1) is 0 Å². The number of aromatic carboxylic acids is 1. The zero-order valence-corrected chi connectivity index (χ0v) is 11.9. The normalized spacial score (nSPS) is 13.1. The summed E-state index contributed by atoms with van der Waals surface area (Å²) in [6.07, 6.45) is 3.06. The molecular weight excluding hydrogens is 274 g/mol. The summed E-state index contributed by atoms with van der Waals surface area (Å²) < 4.78 is 1.87. The first kappa shape index (κ1) is 13.1. The molecule has 1 aromatic carbocycles. The van der Waals surface area contributed by atoms with E-state index in [2.05, 4.69) is 16.7 Å². The third-order valence-electron chi connectivity index (χ3n) is 3.37. The zero-order valence-electron chi connectivity index (χ0n) is 11.1. The Bertz CT molecular complexity index is 649. The van der Waals surface area contributed by atoms with Crippen LogP contribution in [-0.4, -0.2) is 33.7 Å². The maximum atomic E-state index is 10.9. The number of carbonyl (C=O) groups is 1. The molecule has 0 fully saturated rings. The molecule has 5 nitrogen and oxygen atoms in total. The molecule has 0 amide bonds. The summed E-state index contributed by atoms with van der Waals surface area (Å²) in [5, 5.41) is 16.9. The number of anilines is 1. The van der Waals surface area contributed by atoms with Crippen LogP contribution in [0.25, 0.3) is 5.69 Å². The number of thioether (sulfide) groups is 1. The molecule has 2 heterocycles. The molecule has 104 valence electrons. The SMILES string of the molecule is CSCc1nn(-c2ccc(C(=O)O)cc2)c2c1CCN2. The summed E-state index contributed by atoms with van der Waals surface area (Å²) in [4.78, 5) is 10.9. The number of hydrogen-bond donors (Lipinski definition) is 2. The molecule has 0 saturated heterocycles. The van der Waals surface area contributed by atoms with E-state index < -0.39 is 5.97 Å². The lowest BCUT2D eigenvalue weighted by atomic mass is 10.2. The van der Waals surface area contributed by atoms with Crippen LogP contribution in [0.2, 0.25) is 0 Å². The first-order valence-electron chi connectivity index (χ1n) is 6.38. The lowest BCUT2D eigenvalue weighted by Crippen LogP contribution is -2.05. The van der Waals surface area contributed by atoms with Gasteiger partial charge in [0.2, 0.25) is 0 Å². The van der Waals surface area contributed by atoms with E-state index in [9.17, 15) is 4.79 Å². The van der Waals surface area contributed by atoms with E-state index in [1.54, 1.807) is 36.0 Å². The Labute approximate surface area is 121 Å². The maximum Gasteiger partial charge on any atom is 0.335 e. The highest BCUT2D eigenvalue weighted by Gasteiger charge is 2.22. The molecule has 2 aromatic rings. The van der Waals surface area contributed by atoms with Gasteiger partial charge in [-0.25, -0.2) is 9.48 Å². The number of rotatable bonds is 4. The van der Waals surface area contributed by atoms with Gasteiger partial charge in [0.05, 0.1) is 16.9 Å². The number of carboxylic acid groups (broad SMARTS) is 1. The minimum Gasteiger partial charge on any atom is -0.478 e. The van der Waals surface area contributed by atoms with Crippen molar-refractivity contribution in [3.05, 3.63) is 41.1 Å². The summed E-state index contributed by atoms with van der Waals surface area (Å²) in [6.45, 7) is 0.932. The van der Waals surface area contributed by atoms with Crippen molar-refractivity contribution in [1.29, 1.82) is 0 Å². The molecule has 6 heteroatoms. The van der Waals surface area contributed by atoms with Gasteiger partial charge in [-0.3, -0.25) is 0 Å². The number of benzene rings is 1. The third-order valence-corrected chi connectivity index (χ3v) is 3.94. The molecule has 1 aromatic heterocycles. The molecule has 0 bridgehead atoms. The Morgan fingerprint density at radius 1 is 1.45 bits per heavy atom. The van der Waals surface area contributed by atoms with Crippen molar-refractivity contribution in [2.45, 2.75) is 12.2 Å². The van der Waals surface area contributed by atoms with E-state index in [-0.39, 0.29) is 5.56 Å². The molecule has 1 aliphatic rings. The van der Waals surface area contributed by atoms with Gasteiger partial charge in [-0.1, -0.05) is 0 Å². The predicted molar refractivity (Wildman–Crippen MR) is 79.9 cm³/mol. The highest BCUT2D eigenvalue weighted by Crippen LogP contribution is 2.30. The molecule has 1 aliphatic heterocycles. The first-order valence-corrected chi connectivity index (χ1v) is 7.77. The zero-order chi connectivity index (χ0) is 14.1. The second kappa shape index (κ2) is 5.20. The lowest BCUT2D eigenvalue weighted by molar-refractivity contribution is 0.0697. The second-order valence-corrected chi connectivity index (χ2v) is 5.51. The fourth-order valence-electron chi connectivity index (χ4n) is 2.43. The van der Waals surface area contributed by atoms with Gasteiger partial charge in [0.15, 0.2) is 0 Å². The molecule has 20 heavy (non-hydrogen) atoms.